The zero-order valence-electron chi connectivity index (χ0n) is 13.8. The Labute approximate surface area is 178 Å². The molecule has 0 radical (unpaired) electrons. The quantitative estimate of drug-likeness (QED) is 0.327. The maximum absolute atomic E-state index is 12.5. The molecule has 2 rings (SSSR count). The highest BCUT2D eigenvalue weighted by Crippen LogP contribution is 2.60. The Kier molecular flexibility index (Phi) is 6.80. The average molecular weight is 487 g/mol. The van der Waals surface area contributed by atoms with E-state index in [0.717, 1.165) is 6.07 Å². The van der Waals surface area contributed by atoms with E-state index in [4.69, 9.17) is 62.7 Å². The summed E-state index contributed by atoms with van der Waals surface area (Å²) in [6.45, 7) is 3.25. The summed E-state index contributed by atoms with van der Waals surface area (Å²) in [5.41, 5.74) is -0.405. The van der Waals surface area contributed by atoms with Gasteiger partial charge in [0, 0.05) is 5.56 Å². The van der Waals surface area contributed by atoms with Crippen LogP contribution in [0.3, 0.4) is 0 Å². The van der Waals surface area contributed by atoms with Gasteiger partial charge in [-0.05, 0) is 23.5 Å². The van der Waals surface area contributed by atoms with Crippen LogP contribution in [0.5, 0.6) is 5.75 Å². The molecular weight excluding hydrogens is 474 g/mol. The molecule has 0 spiro atoms. The van der Waals surface area contributed by atoms with Crippen LogP contribution in [0, 0.1) is 17.3 Å². The minimum Gasteiger partial charge on any atom is -0.461 e. The summed E-state index contributed by atoms with van der Waals surface area (Å²) in [5.74, 6) is -2.04. The van der Waals surface area contributed by atoms with Gasteiger partial charge in [-0.15, -0.1) is 13.2 Å². The van der Waals surface area contributed by atoms with Crippen molar-refractivity contribution in [2.45, 2.75) is 26.8 Å². The first kappa shape index (κ1) is 22.8. The summed E-state index contributed by atoms with van der Waals surface area (Å²) < 4.78 is 46.5. The first-order valence-corrected chi connectivity index (χ1v) is 9.26. The lowest BCUT2D eigenvalue weighted by Crippen LogP contribution is -2.18. The number of carbonyl (C=O) groups excluding carboxylic acids is 1. The number of alkyl halides is 3. The van der Waals surface area contributed by atoms with Gasteiger partial charge in [-0.25, -0.2) is 0 Å². The van der Waals surface area contributed by atoms with E-state index in [2.05, 4.69) is 4.74 Å². The molecule has 0 bridgehead atoms. The number of benzene rings is 1. The van der Waals surface area contributed by atoms with Crippen LogP contribution in [0.4, 0.5) is 13.2 Å². The van der Waals surface area contributed by atoms with Gasteiger partial charge < -0.3 is 9.47 Å². The van der Waals surface area contributed by atoms with Crippen LogP contribution in [0.1, 0.15) is 19.4 Å². The predicted octanol–water partition coefficient (Wildman–Crippen LogP) is 7.18. The third-order valence-corrected chi connectivity index (χ3v) is 5.89. The van der Waals surface area contributed by atoms with Crippen molar-refractivity contribution < 1.29 is 27.4 Å². The summed E-state index contributed by atoms with van der Waals surface area (Å²) in [7, 11) is 0. The van der Waals surface area contributed by atoms with Gasteiger partial charge >= 0.3 is 12.3 Å². The molecule has 11 heteroatoms. The van der Waals surface area contributed by atoms with E-state index in [1.807, 2.05) is 13.8 Å². The summed E-state index contributed by atoms with van der Waals surface area (Å²) >= 11 is 28.8. The average Bonchev–Trinajstić information content (AvgIpc) is 3.05. The molecule has 1 aromatic carbocycles. The molecule has 1 saturated carbocycles. The SMILES string of the molecule is CC1(C)C(C=C(Cl)Cl)C1C(=O)OCc1cc(OC(F)(F)F)c(Cl)c(Cl)c1Cl. The molecule has 27 heavy (non-hydrogen) atoms. The Balaban J connectivity index is 2.16. The van der Waals surface area contributed by atoms with E-state index in [-0.39, 0.29) is 26.0 Å². The van der Waals surface area contributed by atoms with Crippen LogP contribution in [0.25, 0.3) is 0 Å². The van der Waals surface area contributed by atoms with Gasteiger partial charge in [0.05, 0.1) is 16.0 Å². The van der Waals surface area contributed by atoms with Crippen LogP contribution in [-0.2, 0) is 16.1 Å². The molecule has 0 N–H and O–H groups in total. The van der Waals surface area contributed by atoms with Crippen LogP contribution in [0.2, 0.25) is 15.1 Å². The van der Waals surface area contributed by atoms with Crippen LogP contribution in [-0.4, -0.2) is 12.3 Å². The normalized spacial score (nSPS) is 20.8. The van der Waals surface area contributed by atoms with Crippen molar-refractivity contribution in [2.24, 2.45) is 17.3 Å². The van der Waals surface area contributed by atoms with Crippen molar-refractivity contribution in [2.75, 3.05) is 0 Å². The minimum absolute atomic E-state index is 0.0135. The van der Waals surface area contributed by atoms with Crippen LogP contribution in [0.15, 0.2) is 16.6 Å². The van der Waals surface area contributed by atoms with Gasteiger partial charge in [0.2, 0.25) is 0 Å². The Bertz CT molecular complexity index is 788. The summed E-state index contributed by atoms with van der Waals surface area (Å²) in [6, 6.07) is 0.919. The number of rotatable bonds is 5. The van der Waals surface area contributed by atoms with E-state index in [0.29, 0.717) is 0 Å². The van der Waals surface area contributed by atoms with Gasteiger partial charge in [-0.1, -0.05) is 71.9 Å². The zero-order chi connectivity index (χ0) is 20.7. The molecule has 150 valence electrons. The molecule has 0 saturated heterocycles. The molecule has 0 aromatic heterocycles. The molecule has 0 heterocycles. The molecule has 3 nitrogen and oxygen atoms in total. The van der Waals surface area contributed by atoms with Gasteiger partial charge in [0.15, 0.2) is 0 Å². The van der Waals surface area contributed by atoms with Gasteiger partial charge in [-0.2, -0.15) is 0 Å². The maximum Gasteiger partial charge on any atom is 0.573 e. The monoisotopic (exact) mass is 484 g/mol. The lowest BCUT2D eigenvalue weighted by Gasteiger charge is -2.15. The Hall–Kier alpha value is -0.530. The van der Waals surface area contributed by atoms with Crippen molar-refractivity contribution in [3.8, 4) is 5.75 Å². The zero-order valence-corrected chi connectivity index (χ0v) is 17.5. The van der Waals surface area contributed by atoms with Gasteiger partial charge in [0.1, 0.15) is 21.9 Å². The van der Waals surface area contributed by atoms with Crippen LogP contribution >= 0.6 is 58.0 Å². The Morgan fingerprint density at radius 3 is 2.30 bits per heavy atom. The number of allylic oxidation sites excluding steroid dienone is 1. The second-order valence-corrected chi connectivity index (χ2v) is 8.55. The van der Waals surface area contributed by atoms with E-state index in [1.165, 1.54) is 6.08 Å². The lowest BCUT2D eigenvalue weighted by molar-refractivity contribution is -0.274. The molecule has 1 fully saturated rings. The predicted molar refractivity (Wildman–Crippen MR) is 98.5 cm³/mol. The molecule has 1 aliphatic carbocycles. The molecule has 1 aromatic rings. The number of hydrogen-bond acceptors (Lipinski definition) is 3. The second kappa shape index (κ2) is 8.07. The number of halogens is 8. The van der Waals surface area contributed by atoms with Crippen molar-refractivity contribution >= 4 is 64.0 Å². The third-order valence-electron chi connectivity index (χ3n) is 4.25. The molecular formula is C16H12Cl5F3O3. The fraction of sp³-hybridized carbons (Fsp3) is 0.438. The molecule has 2 atom stereocenters. The fourth-order valence-corrected chi connectivity index (χ4v) is 3.67. The van der Waals surface area contributed by atoms with Crippen molar-refractivity contribution in [1.29, 1.82) is 0 Å². The number of carbonyl (C=O) groups is 1. The van der Waals surface area contributed by atoms with Gasteiger partial charge in [-0.3, -0.25) is 4.79 Å². The highest BCUT2D eigenvalue weighted by molar-refractivity contribution is 6.55. The summed E-state index contributed by atoms with van der Waals surface area (Å²) in [6.07, 6.45) is -3.44. The standard InChI is InChI=1S/C16H12Cl5F3O3/c1-15(2)7(4-9(17)18)10(15)14(25)26-5-6-3-8(27-16(22,23)24)12(20)13(21)11(6)19/h3-4,7,10H,5H2,1-2H3. The number of esters is 1. The van der Waals surface area contributed by atoms with E-state index >= 15 is 0 Å². The van der Waals surface area contributed by atoms with Crippen molar-refractivity contribution in [3.05, 3.63) is 37.3 Å². The highest BCUT2D eigenvalue weighted by atomic mass is 35.5. The van der Waals surface area contributed by atoms with E-state index in [9.17, 15) is 18.0 Å². The number of hydrogen-bond donors (Lipinski definition) is 0. The third kappa shape index (κ3) is 5.30. The first-order valence-electron chi connectivity index (χ1n) is 7.37. The van der Waals surface area contributed by atoms with E-state index in [1.54, 1.807) is 0 Å². The molecule has 2 unspecified atom stereocenters. The Morgan fingerprint density at radius 1 is 1.19 bits per heavy atom. The van der Waals surface area contributed by atoms with Gasteiger partial charge in [0.25, 0.3) is 0 Å². The fourth-order valence-electron chi connectivity index (χ4n) is 2.75. The second-order valence-electron chi connectivity index (χ2n) is 6.41. The molecule has 0 aliphatic heterocycles. The lowest BCUT2D eigenvalue weighted by atomic mass is 10.1. The summed E-state index contributed by atoms with van der Waals surface area (Å²) in [5, 5.41) is -0.980. The highest BCUT2D eigenvalue weighted by Gasteiger charge is 2.61. The van der Waals surface area contributed by atoms with Crippen molar-refractivity contribution in [3.63, 3.8) is 0 Å². The maximum atomic E-state index is 12.5. The minimum atomic E-state index is -4.98. The Morgan fingerprint density at radius 2 is 1.78 bits per heavy atom. The summed E-state index contributed by atoms with van der Waals surface area (Å²) in [4.78, 5) is 12.3. The largest absolute Gasteiger partial charge is 0.573 e. The smallest absolute Gasteiger partial charge is 0.461 e. The number of ether oxygens (including phenoxy) is 2. The van der Waals surface area contributed by atoms with E-state index < -0.39 is 41.0 Å². The molecule has 1 aliphatic rings. The topological polar surface area (TPSA) is 35.5 Å². The first-order chi connectivity index (χ1) is 12.3. The molecule has 0 amide bonds. The van der Waals surface area contributed by atoms with Crippen LogP contribution < -0.4 is 4.74 Å². The van der Waals surface area contributed by atoms with Crippen molar-refractivity contribution in [1.82, 2.24) is 0 Å².